The first kappa shape index (κ1) is 31.2. The van der Waals surface area contributed by atoms with Gasteiger partial charge in [0.05, 0.1) is 50.5 Å². The van der Waals surface area contributed by atoms with Crippen LogP contribution in [0.1, 0.15) is 50.3 Å². The van der Waals surface area contributed by atoms with Crippen molar-refractivity contribution >= 4 is 34.8 Å². The average Bonchev–Trinajstić information content (AvgIpc) is 3.44. The Morgan fingerprint density at radius 2 is 1.75 bits per heavy atom. The molecule has 0 spiro atoms. The second-order valence-corrected chi connectivity index (χ2v) is 11.5. The van der Waals surface area contributed by atoms with E-state index >= 15 is 0 Å². The van der Waals surface area contributed by atoms with Crippen molar-refractivity contribution in [2.75, 3.05) is 33.9 Å². The summed E-state index contributed by atoms with van der Waals surface area (Å²) >= 11 is 1.40. The number of carbonyl (C=O) groups excluding carboxylic acids is 3. The van der Waals surface area contributed by atoms with Crippen LogP contribution in [0.15, 0.2) is 75.9 Å². The molecule has 1 saturated heterocycles. The highest BCUT2D eigenvalue weighted by atomic mass is 32.2. The van der Waals surface area contributed by atoms with E-state index in [4.69, 9.17) is 23.9 Å². The Morgan fingerprint density at radius 1 is 1.02 bits per heavy atom. The number of carbonyl (C=O) groups is 3. The van der Waals surface area contributed by atoms with Gasteiger partial charge in [0.1, 0.15) is 18.1 Å². The molecule has 1 fully saturated rings. The Hall–Kier alpha value is -4.25. The molecule has 3 heterocycles. The third kappa shape index (κ3) is 6.77. The van der Waals surface area contributed by atoms with Crippen molar-refractivity contribution in [3.63, 3.8) is 0 Å². The summed E-state index contributed by atoms with van der Waals surface area (Å²) < 4.78 is 22.2. The number of nitrogens with zero attached hydrogens (tertiary/aromatic N) is 3. The number of likely N-dealkylation sites (tertiary alicyclic amines) is 1. The highest BCUT2D eigenvalue weighted by Crippen LogP contribution is 2.46. The van der Waals surface area contributed by atoms with Crippen molar-refractivity contribution < 1.29 is 33.3 Å². The maximum absolute atomic E-state index is 13.8. The van der Waals surface area contributed by atoms with E-state index in [1.807, 2.05) is 52.8 Å². The highest BCUT2D eigenvalue weighted by molar-refractivity contribution is 8.16. The van der Waals surface area contributed by atoms with Crippen LogP contribution in [-0.2, 0) is 30.5 Å². The third-order valence-electron chi connectivity index (χ3n) is 7.85. The standard InChI is InChI=1S/C33H37N3O7S/c1-5-42-31(38)23-12-9-13-35(18-23)28(37)16-25-20-44-33-34-21(2)29(32(39)43-19-22-10-7-6-8-11-22)30(36(25)33)24-14-26(40-3)17-27(15-24)41-4/h6-8,10-11,14-15,17,20,23,30H,5,9,12-13,16,18-19H2,1-4H3. The number of rotatable bonds is 10. The first-order chi connectivity index (χ1) is 21.3. The molecule has 10 nitrogen and oxygen atoms in total. The van der Waals surface area contributed by atoms with Gasteiger partial charge < -0.3 is 28.7 Å². The van der Waals surface area contributed by atoms with E-state index in [0.717, 1.165) is 17.5 Å². The van der Waals surface area contributed by atoms with Crippen molar-refractivity contribution in [1.29, 1.82) is 0 Å². The van der Waals surface area contributed by atoms with Crippen molar-refractivity contribution in [1.82, 2.24) is 9.80 Å². The molecule has 232 valence electrons. The zero-order valence-corrected chi connectivity index (χ0v) is 26.2. The number of hydrogen-bond acceptors (Lipinski definition) is 10. The van der Waals surface area contributed by atoms with Gasteiger partial charge in [-0.1, -0.05) is 42.1 Å². The van der Waals surface area contributed by atoms with Crippen LogP contribution in [0.3, 0.4) is 0 Å². The van der Waals surface area contributed by atoms with E-state index in [0.29, 0.717) is 59.8 Å². The summed E-state index contributed by atoms with van der Waals surface area (Å²) in [7, 11) is 3.14. The van der Waals surface area contributed by atoms with Crippen LogP contribution in [0.2, 0.25) is 0 Å². The van der Waals surface area contributed by atoms with Crippen LogP contribution in [0.4, 0.5) is 0 Å². The molecular formula is C33H37N3O7S. The number of fused-ring (bicyclic) bond motifs is 1. The number of amidine groups is 1. The van der Waals surface area contributed by atoms with Gasteiger partial charge in [-0.25, -0.2) is 9.79 Å². The second-order valence-electron chi connectivity index (χ2n) is 10.7. The van der Waals surface area contributed by atoms with Crippen molar-refractivity contribution in [2.45, 2.75) is 45.8 Å². The summed E-state index contributed by atoms with van der Waals surface area (Å²) in [4.78, 5) is 48.3. The zero-order valence-electron chi connectivity index (χ0n) is 25.4. The first-order valence-corrected chi connectivity index (χ1v) is 15.5. The molecule has 0 aromatic heterocycles. The molecule has 0 radical (unpaired) electrons. The number of aliphatic imine (C=N–C) groups is 1. The molecule has 0 aliphatic carbocycles. The summed E-state index contributed by atoms with van der Waals surface area (Å²) in [6.45, 7) is 4.88. The highest BCUT2D eigenvalue weighted by Gasteiger charge is 2.42. The SMILES string of the molecule is CCOC(=O)C1CCCN(C(=O)CC2=CSC3=NC(C)=C(C(=O)OCc4ccccc4)C(c4cc(OC)cc(OC)c4)N23)C1. The molecule has 5 rings (SSSR count). The quantitative estimate of drug-likeness (QED) is 0.331. The van der Waals surface area contributed by atoms with Crippen molar-refractivity contribution in [3.05, 3.63) is 82.0 Å². The van der Waals surface area contributed by atoms with E-state index in [-0.39, 0.29) is 30.8 Å². The molecule has 0 N–H and O–H groups in total. The molecule has 1 amide bonds. The molecule has 2 aromatic carbocycles. The number of piperidine rings is 1. The first-order valence-electron chi connectivity index (χ1n) is 14.7. The molecule has 2 unspecified atom stereocenters. The number of thioether (sulfide) groups is 1. The fraction of sp³-hybridized carbons (Fsp3) is 0.394. The van der Waals surface area contributed by atoms with Gasteiger partial charge in [0.2, 0.25) is 5.91 Å². The van der Waals surface area contributed by atoms with Crippen LogP contribution in [0.5, 0.6) is 11.5 Å². The second kappa shape index (κ2) is 14.0. The number of allylic oxidation sites excluding steroid dienone is 1. The van der Waals surface area contributed by atoms with Gasteiger partial charge in [0.15, 0.2) is 5.17 Å². The fourth-order valence-electron chi connectivity index (χ4n) is 5.66. The number of amides is 1. The monoisotopic (exact) mass is 619 g/mol. The maximum atomic E-state index is 13.8. The molecule has 44 heavy (non-hydrogen) atoms. The predicted molar refractivity (Wildman–Crippen MR) is 167 cm³/mol. The summed E-state index contributed by atoms with van der Waals surface area (Å²) in [5.41, 5.74) is 3.18. The summed E-state index contributed by atoms with van der Waals surface area (Å²) in [5, 5.41) is 2.55. The Labute approximate surface area is 261 Å². The van der Waals surface area contributed by atoms with E-state index in [9.17, 15) is 14.4 Å². The smallest absolute Gasteiger partial charge is 0.338 e. The molecule has 0 saturated carbocycles. The number of esters is 2. The molecule has 2 aromatic rings. The fourth-order valence-corrected chi connectivity index (χ4v) is 6.62. The van der Waals surface area contributed by atoms with Crippen LogP contribution >= 0.6 is 11.8 Å². The van der Waals surface area contributed by atoms with Gasteiger partial charge in [-0.2, -0.15) is 0 Å². The molecular weight excluding hydrogens is 582 g/mol. The normalized spacial score (nSPS) is 19.5. The lowest BCUT2D eigenvalue weighted by Gasteiger charge is -2.37. The van der Waals surface area contributed by atoms with E-state index < -0.39 is 12.0 Å². The van der Waals surface area contributed by atoms with Gasteiger partial charge in [-0.3, -0.25) is 9.59 Å². The zero-order chi connectivity index (χ0) is 31.2. The Morgan fingerprint density at radius 3 is 2.43 bits per heavy atom. The Balaban J connectivity index is 1.45. The van der Waals surface area contributed by atoms with Crippen LogP contribution in [-0.4, -0.2) is 66.7 Å². The summed E-state index contributed by atoms with van der Waals surface area (Å²) in [6, 6.07) is 14.3. The minimum atomic E-state index is -0.655. The number of methoxy groups -OCH3 is 2. The maximum Gasteiger partial charge on any atom is 0.338 e. The molecule has 3 aliphatic rings. The third-order valence-corrected chi connectivity index (χ3v) is 8.74. The number of benzene rings is 2. The van der Waals surface area contributed by atoms with Gasteiger partial charge in [-0.05, 0) is 55.4 Å². The Bertz CT molecular complexity index is 1480. The minimum absolute atomic E-state index is 0.0740. The van der Waals surface area contributed by atoms with E-state index in [1.54, 1.807) is 39.0 Å². The van der Waals surface area contributed by atoms with Crippen LogP contribution < -0.4 is 9.47 Å². The van der Waals surface area contributed by atoms with E-state index in [1.165, 1.54) is 11.8 Å². The van der Waals surface area contributed by atoms with E-state index in [2.05, 4.69) is 0 Å². The van der Waals surface area contributed by atoms with Crippen LogP contribution in [0.25, 0.3) is 0 Å². The predicted octanol–water partition coefficient (Wildman–Crippen LogP) is 5.21. The largest absolute Gasteiger partial charge is 0.497 e. The minimum Gasteiger partial charge on any atom is -0.497 e. The van der Waals surface area contributed by atoms with Gasteiger partial charge >= 0.3 is 11.9 Å². The van der Waals surface area contributed by atoms with Gasteiger partial charge in [0, 0.05) is 24.9 Å². The summed E-state index contributed by atoms with van der Waals surface area (Å²) in [6.07, 6.45) is 1.50. The van der Waals surface area contributed by atoms with Crippen LogP contribution in [0, 0.1) is 5.92 Å². The van der Waals surface area contributed by atoms with Crippen molar-refractivity contribution in [2.24, 2.45) is 10.9 Å². The molecule has 3 aliphatic heterocycles. The lowest BCUT2D eigenvalue weighted by molar-refractivity contribution is -0.151. The van der Waals surface area contributed by atoms with Gasteiger partial charge in [0.25, 0.3) is 0 Å². The lowest BCUT2D eigenvalue weighted by atomic mass is 9.93. The number of hydrogen-bond donors (Lipinski definition) is 0. The van der Waals surface area contributed by atoms with Crippen molar-refractivity contribution in [3.8, 4) is 11.5 Å². The average molecular weight is 620 g/mol. The lowest BCUT2D eigenvalue weighted by Crippen LogP contribution is -2.44. The number of ether oxygens (including phenoxy) is 4. The van der Waals surface area contributed by atoms with Gasteiger partial charge in [-0.15, -0.1) is 0 Å². The molecule has 2 atom stereocenters. The Kier molecular flexibility index (Phi) is 9.94. The molecule has 0 bridgehead atoms. The molecule has 11 heteroatoms. The summed E-state index contributed by atoms with van der Waals surface area (Å²) in [5.74, 6) is -0.0854. The topological polar surface area (TPSA) is 107 Å².